The number of ether oxygens (including phenoxy) is 2. The van der Waals surface area contributed by atoms with Gasteiger partial charge in [-0.05, 0) is 18.6 Å². The molecule has 14 heteroatoms. The van der Waals surface area contributed by atoms with Crippen molar-refractivity contribution in [3.8, 4) is 17.0 Å². The summed E-state index contributed by atoms with van der Waals surface area (Å²) in [5, 5.41) is 9.91. The van der Waals surface area contributed by atoms with Gasteiger partial charge in [-0.25, -0.2) is 18.7 Å². The first-order valence-electron chi connectivity index (χ1n) is 12.2. The molecule has 0 bridgehead atoms. The molecule has 3 aromatic heterocycles. The van der Waals surface area contributed by atoms with E-state index in [-0.39, 0.29) is 11.7 Å². The summed E-state index contributed by atoms with van der Waals surface area (Å²) in [5.74, 6) is 0.190. The second-order valence-corrected chi connectivity index (χ2v) is 8.27. The highest BCUT2D eigenvalue weighted by Gasteiger charge is 2.20. The Labute approximate surface area is 222 Å². The van der Waals surface area contributed by atoms with Gasteiger partial charge in [0.2, 0.25) is 0 Å². The lowest BCUT2D eigenvalue weighted by molar-refractivity contribution is -0.120. The molecule has 1 amide bonds. The van der Waals surface area contributed by atoms with E-state index in [1.165, 1.54) is 17.1 Å². The number of aromatic nitrogens is 5. The molecule has 1 aromatic carbocycles. The van der Waals surface area contributed by atoms with E-state index >= 15 is 0 Å². The summed E-state index contributed by atoms with van der Waals surface area (Å²) in [5.41, 5.74) is 8.32. The molecule has 0 saturated heterocycles. The summed E-state index contributed by atoms with van der Waals surface area (Å²) in [6.45, 7) is 3.02. The van der Waals surface area contributed by atoms with Gasteiger partial charge in [-0.1, -0.05) is 6.92 Å². The number of fused-ring (bicyclic) bond motifs is 1. The van der Waals surface area contributed by atoms with Crippen LogP contribution in [0.5, 0.6) is 5.75 Å². The molecule has 0 aliphatic rings. The molecule has 0 fully saturated rings. The zero-order chi connectivity index (χ0) is 27.8. The minimum Gasteiger partial charge on any atom is -0.426 e. The van der Waals surface area contributed by atoms with Crippen LogP contribution < -0.4 is 21.1 Å². The van der Waals surface area contributed by atoms with Crippen LogP contribution in [0.4, 0.5) is 20.3 Å². The summed E-state index contributed by atoms with van der Waals surface area (Å²) in [7, 11) is 0. The molecule has 39 heavy (non-hydrogen) atoms. The lowest BCUT2D eigenvalue weighted by Crippen LogP contribution is -2.29. The molecule has 0 radical (unpaired) electrons. The number of amides is 1. The molecule has 206 valence electrons. The minimum atomic E-state index is -2.52. The number of nitrogens with two attached hydrogens (primary N) is 1. The smallest absolute Gasteiger partial charge is 0.298 e. The predicted octanol–water partition coefficient (Wildman–Crippen LogP) is 2.40. The molecule has 0 aliphatic heterocycles. The lowest BCUT2D eigenvalue weighted by atomic mass is 10.0. The van der Waals surface area contributed by atoms with E-state index < -0.39 is 13.0 Å². The van der Waals surface area contributed by atoms with Gasteiger partial charge in [-0.15, -0.1) is 0 Å². The summed E-state index contributed by atoms with van der Waals surface area (Å²) >= 11 is 0. The van der Waals surface area contributed by atoms with Gasteiger partial charge in [0.25, 0.3) is 18.8 Å². The number of rotatable bonds is 14. The Morgan fingerprint density at radius 2 is 2.08 bits per heavy atom. The Kier molecular flexibility index (Phi) is 9.12. The van der Waals surface area contributed by atoms with Gasteiger partial charge in [0.1, 0.15) is 6.54 Å². The molecule has 4 aromatic rings. The fourth-order valence-electron chi connectivity index (χ4n) is 4.08. The maximum Gasteiger partial charge on any atom is 0.298 e. The Bertz CT molecular complexity index is 1440. The standard InChI is InChI=1S/C25H28F2N8O4/c1-2-17-18(25(37)30-7-10-38-9-5-28)3-4-19(22(17)39-15-36)33-23-24-31-12-20(35(24)8-6-29-23)16-11-32-34(13-16)14-21(26)27/h3-4,6,8,11-13,15,21H,2,5,7,9-10,14,28H2,1H3,(H,29,33)(H,30,37). The molecular formula is C25H28F2N8O4. The Morgan fingerprint density at radius 3 is 2.82 bits per heavy atom. The van der Waals surface area contributed by atoms with E-state index in [2.05, 4.69) is 25.7 Å². The first kappa shape index (κ1) is 27.6. The second-order valence-electron chi connectivity index (χ2n) is 8.27. The van der Waals surface area contributed by atoms with E-state index in [0.29, 0.717) is 78.7 Å². The van der Waals surface area contributed by atoms with Crippen molar-refractivity contribution in [1.29, 1.82) is 0 Å². The van der Waals surface area contributed by atoms with Gasteiger partial charge in [0.05, 0.1) is 37.0 Å². The number of alkyl halides is 2. The lowest BCUT2D eigenvalue weighted by Gasteiger charge is -2.17. The summed E-state index contributed by atoms with van der Waals surface area (Å²) in [6, 6.07) is 3.24. The van der Waals surface area contributed by atoms with Crippen LogP contribution in [0.3, 0.4) is 0 Å². The van der Waals surface area contributed by atoms with Crippen molar-refractivity contribution < 1.29 is 27.8 Å². The largest absolute Gasteiger partial charge is 0.426 e. The summed E-state index contributed by atoms with van der Waals surface area (Å²) in [4.78, 5) is 33.0. The van der Waals surface area contributed by atoms with Gasteiger partial charge < -0.3 is 25.8 Å². The van der Waals surface area contributed by atoms with Crippen molar-refractivity contribution in [3.63, 3.8) is 0 Å². The molecule has 0 unspecified atom stereocenters. The third-order valence-corrected chi connectivity index (χ3v) is 5.75. The Morgan fingerprint density at radius 1 is 1.23 bits per heavy atom. The van der Waals surface area contributed by atoms with Crippen LogP contribution >= 0.6 is 0 Å². The van der Waals surface area contributed by atoms with Crippen molar-refractivity contribution in [1.82, 2.24) is 29.5 Å². The third kappa shape index (κ3) is 6.35. The molecule has 12 nitrogen and oxygen atoms in total. The first-order chi connectivity index (χ1) is 19.0. The van der Waals surface area contributed by atoms with Crippen LogP contribution in [0.15, 0.2) is 43.1 Å². The third-order valence-electron chi connectivity index (χ3n) is 5.75. The van der Waals surface area contributed by atoms with Crippen LogP contribution in [0.25, 0.3) is 16.9 Å². The highest BCUT2D eigenvalue weighted by Crippen LogP contribution is 2.35. The predicted molar refractivity (Wildman–Crippen MR) is 138 cm³/mol. The number of carbonyl (C=O) groups is 2. The Balaban J connectivity index is 1.62. The number of nitrogens with one attached hydrogen (secondary N) is 2. The van der Waals surface area contributed by atoms with Crippen LogP contribution in [-0.4, -0.2) is 69.3 Å². The monoisotopic (exact) mass is 542 g/mol. The average molecular weight is 543 g/mol. The number of hydrogen-bond donors (Lipinski definition) is 3. The molecule has 0 aliphatic carbocycles. The zero-order valence-corrected chi connectivity index (χ0v) is 21.1. The Hall–Kier alpha value is -4.43. The summed E-state index contributed by atoms with van der Waals surface area (Å²) < 4.78 is 39.0. The summed E-state index contributed by atoms with van der Waals surface area (Å²) in [6.07, 6.45) is 5.68. The number of benzene rings is 1. The molecule has 0 spiro atoms. The molecule has 0 atom stereocenters. The van der Waals surface area contributed by atoms with Crippen LogP contribution in [-0.2, 0) is 22.5 Å². The van der Waals surface area contributed by atoms with Crippen molar-refractivity contribution in [2.45, 2.75) is 26.3 Å². The fraction of sp³-hybridized carbons (Fsp3) is 0.320. The van der Waals surface area contributed by atoms with Gasteiger partial charge in [0.15, 0.2) is 17.2 Å². The normalized spacial score (nSPS) is 11.2. The zero-order valence-electron chi connectivity index (χ0n) is 21.1. The topological polar surface area (TPSA) is 151 Å². The number of carbonyl (C=O) groups excluding carboxylic acids is 2. The highest BCUT2D eigenvalue weighted by molar-refractivity contribution is 5.97. The van der Waals surface area contributed by atoms with Crippen molar-refractivity contribution >= 4 is 29.5 Å². The van der Waals surface area contributed by atoms with Crippen LogP contribution in [0, 0.1) is 0 Å². The van der Waals surface area contributed by atoms with Gasteiger partial charge in [0, 0.05) is 48.4 Å². The fourth-order valence-corrected chi connectivity index (χ4v) is 4.08. The average Bonchev–Trinajstić information content (AvgIpc) is 3.56. The van der Waals surface area contributed by atoms with E-state index in [1.807, 2.05) is 6.92 Å². The molecule has 3 heterocycles. The van der Waals surface area contributed by atoms with E-state index in [4.69, 9.17) is 15.2 Å². The highest BCUT2D eigenvalue weighted by atomic mass is 19.3. The molecular weight excluding hydrogens is 514 g/mol. The van der Waals surface area contributed by atoms with Crippen LogP contribution in [0.1, 0.15) is 22.8 Å². The number of nitrogens with zero attached hydrogens (tertiary/aromatic N) is 5. The maximum absolute atomic E-state index is 12.8. The first-order valence-corrected chi connectivity index (χ1v) is 12.2. The SMILES string of the molecule is CCc1c(C(=O)NCCOCCN)ccc(Nc2nccn3c(-c4cnn(CC(F)F)c4)cnc23)c1OC=O. The quantitative estimate of drug-likeness (QED) is 0.161. The van der Waals surface area contributed by atoms with Gasteiger partial charge in [-0.2, -0.15) is 5.10 Å². The maximum atomic E-state index is 12.8. The number of anilines is 2. The van der Waals surface area contributed by atoms with Crippen molar-refractivity contribution in [3.05, 3.63) is 54.2 Å². The van der Waals surface area contributed by atoms with E-state index in [1.54, 1.807) is 35.1 Å². The minimum absolute atomic E-state index is 0.184. The molecule has 4 N–H and O–H groups in total. The van der Waals surface area contributed by atoms with Crippen LogP contribution in [0.2, 0.25) is 0 Å². The van der Waals surface area contributed by atoms with Crippen molar-refractivity contribution in [2.75, 3.05) is 31.6 Å². The number of hydrogen-bond acceptors (Lipinski definition) is 9. The molecule has 0 saturated carbocycles. The second kappa shape index (κ2) is 12.9. The molecule has 4 rings (SSSR count). The van der Waals surface area contributed by atoms with E-state index in [0.717, 1.165) is 0 Å². The number of halogens is 2. The number of imidazole rings is 1. The van der Waals surface area contributed by atoms with E-state index in [9.17, 15) is 18.4 Å². The van der Waals surface area contributed by atoms with Gasteiger partial charge in [-0.3, -0.25) is 18.7 Å². The van der Waals surface area contributed by atoms with Crippen molar-refractivity contribution in [2.24, 2.45) is 5.73 Å². The van der Waals surface area contributed by atoms with Gasteiger partial charge >= 0.3 is 0 Å².